The molecule has 0 spiro atoms. The lowest BCUT2D eigenvalue weighted by molar-refractivity contribution is -0.150. The lowest BCUT2D eigenvalue weighted by Gasteiger charge is -2.14. The first-order valence-electron chi connectivity index (χ1n) is 16.4. The second-order valence-corrected chi connectivity index (χ2v) is 13.2. The molecule has 3 heterocycles. The Morgan fingerprint density at radius 3 is 1.48 bits per heavy atom. The number of hydrogen-bond acceptors (Lipinski definition) is 11. The SMILES string of the molecule is COC(=O)[C@H]1OC(=O)N[C@H]1Cc1cccc(Br)c1.COC(=O)[C@H]1OC(=O)N[C@H]1Cc1cccc(C)c1.Cc1cccc(C[C@@H]2NC(=O)O[C@@H]2CO)c1. The maximum absolute atomic E-state index is 11.5. The van der Waals surface area contributed by atoms with E-state index in [1.54, 1.807) is 0 Å². The molecular weight excluding hydrogens is 742 g/mol. The molecule has 0 aliphatic carbocycles. The molecule has 4 N–H and O–H groups in total. The number of aliphatic hydroxyl groups is 1. The molecule has 15 heteroatoms. The lowest BCUT2D eigenvalue weighted by atomic mass is 10.0. The van der Waals surface area contributed by atoms with Crippen LogP contribution in [-0.2, 0) is 52.5 Å². The number of aryl methyl sites for hydroxylation is 2. The first-order chi connectivity index (χ1) is 24.9. The minimum Gasteiger partial charge on any atom is -0.466 e. The van der Waals surface area contributed by atoms with Gasteiger partial charge in [0, 0.05) is 4.47 Å². The zero-order chi connectivity index (χ0) is 37.8. The maximum atomic E-state index is 11.5. The number of methoxy groups -OCH3 is 2. The van der Waals surface area contributed by atoms with Gasteiger partial charge in [0.05, 0.1) is 39.0 Å². The molecule has 0 unspecified atom stereocenters. The van der Waals surface area contributed by atoms with E-state index in [2.05, 4.69) is 47.4 Å². The second-order valence-electron chi connectivity index (χ2n) is 12.3. The minimum atomic E-state index is -0.888. The maximum Gasteiger partial charge on any atom is 0.408 e. The fraction of sp³-hybridized carbons (Fsp3) is 0.378. The lowest BCUT2D eigenvalue weighted by Crippen LogP contribution is -2.39. The fourth-order valence-electron chi connectivity index (χ4n) is 5.84. The summed E-state index contributed by atoms with van der Waals surface area (Å²) in [6.07, 6.45) is -2.10. The number of amides is 3. The Kier molecular flexibility index (Phi) is 14.4. The average Bonchev–Trinajstić information content (AvgIpc) is 3.79. The van der Waals surface area contributed by atoms with Crippen molar-refractivity contribution in [2.45, 2.75) is 69.5 Å². The molecule has 0 aromatic heterocycles. The van der Waals surface area contributed by atoms with Crippen molar-refractivity contribution >= 4 is 46.1 Å². The molecule has 0 radical (unpaired) electrons. The Hall–Kier alpha value is -5.15. The van der Waals surface area contributed by atoms with Gasteiger partial charge in [-0.05, 0) is 61.9 Å². The molecule has 14 nitrogen and oxygen atoms in total. The third-order valence-electron chi connectivity index (χ3n) is 8.28. The van der Waals surface area contributed by atoms with Gasteiger partial charge in [0.15, 0.2) is 0 Å². The molecule has 3 aromatic carbocycles. The van der Waals surface area contributed by atoms with Crippen LogP contribution in [0, 0.1) is 13.8 Å². The van der Waals surface area contributed by atoms with Crippen LogP contribution in [0.15, 0.2) is 77.3 Å². The van der Waals surface area contributed by atoms with Gasteiger partial charge in [0.2, 0.25) is 12.2 Å². The third-order valence-corrected chi connectivity index (χ3v) is 8.78. The van der Waals surface area contributed by atoms with E-state index in [4.69, 9.17) is 19.3 Å². The molecule has 3 aliphatic heterocycles. The van der Waals surface area contributed by atoms with E-state index < -0.39 is 54.6 Å². The Morgan fingerprint density at radius 1 is 0.654 bits per heavy atom. The predicted molar refractivity (Wildman–Crippen MR) is 190 cm³/mol. The van der Waals surface area contributed by atoms with Gasteiger partial charge in [-0.1, -0.05) is 87.7 Å². The highest BCUT2D eigenvalue weighted by atomic mass is 79.9. The number of alkyl carbamates (subject to hydrolysis) is 3. The van der Waals surface area contributed by atoms with Crippen molar-refractivity contribution in [3.8, 4) is 0 Å². The fourth-order valence-corrected chi connectivity index (χ4v) is 6.29. The Morgan fingerprint density at radius 2 is 1.06 bits per heavy atom. The highest BCUT2D eigenvalue weighted by molar-refractivity contribution is 9.10. The number of hydrogen-bond donors (Lipinski definition) is 4. The summed E-state index contributed by atoms with van der Waals surface area (Å²) in [5.41, 5.74) is 5.48. The van der Waals surface area contributed by atoms with Crippen molar-refractivity contribution in [3.63, 3.8) is 0 Å². The van der Waals surface area contributed by atoms with Gasteiger partial charge >= 0.3 is 30.2 Å². The van der Waals surface area contributed by atoms with E-state index in [0.29, 0.717) is 19.3 Å². The van der Waals surface area contributed by atoms with E-state index >= 15 is 0 Å². The molecule has 6 atom stereocenters. The standard InChI is InChI=1S/C13H15NO4.C12H12BrNO4.C12H15NO3/c1-8-4-3-5-9(6-8)7-10-11(12(15)17-2)18-13(16)14-10;1-17-11(15)10-9(14-12(16)18-10)6-7-3-2-4-8(13)5-7;1-8-3-2-4-9(5-8)6-10-11(7-14)16-12(15)13-10/h3-6,10-11H,7H2,1-2H3,(H,14,16);2-5,9-10H,6H2,1H3,(H,14,16);2-5,10-11,14H,6-7H2,1H3,(H,13,15)/t10-,11-;9-,10-;10-,11+/m000/s1. The summed E-state index contributed by atoms with van der Waals surface area (Å²) in [6, 6.07) is 22.7. The number of halogens is 1. The van der Waals surface area contributed by atoms with Crippen LogP contribution in [0.1, 0.15) is 27.8 Å². The number of aliphatic hydroxyl groups excluding tert-OH is 1. The number of cyclic esters (lactones) is 3. The summed E-state index contributed by atoms with van der Waals surface area (Å²) in [5.74, 6) is -1.08. The first kappa shape index (κ1) is 39.6. The van der Waals surface area contributed by atoms with E-state index in [9.17, 15) is 24.0 Å². The average molecular weight is 785 g/mol. The van der Waals surface area contributed by atoms with E-state index in [0.717, 1.165) is 26.7 Å². The van der Waals surface area contributed by atoms with E-state index in [1.165, 1.54) is 19.8 Å². The molecule has 3 saturated heterocycles. The van der Waals surface area contributed by atoms with Gasteiger partial charge in [-0.2, -0.15) is 0 Å². The molecule has 52 heavy (non-hydrogen) atoms. The van der Waals surface area contributed by atoms with Crippen LogP contribution in [0.25, 0.3) is 0 Å². The number of benzene rings is 3. The smallest absolute Gasteiger partial charge is 0.408 e. The van der Waals surface area contributed by atoms with Crippen molar-refractivity contribution in [3.05, 3.63) is 105 Å². The number of nitrogens with one attached hydrogen (secondary N) is 3. The summed E-state index contributed by atoms with van der Waals surface area (Å²) in [7, 11) is 2.54. The molecule has 3 aromatic rings. The first-order valence-corrected chi connectivity index (χ1v) is 17.2. The third kappa shape index (κ3) is 11.4. The molecule has 0 saturated carbocycles. The molecule has 3 fully saturated rings. The molecule has 3 aliphatic rings. The van der Waals surface area contributed by atoms with Crippen LogP contribution < -0.4 is 16.0 Å². The molecule has 278 valence electrons. The molecule has 6 rings (SSSR count). The van der Waals surface area contributed by atoms with Gasteiger partial charge in [0.25, 0.3) is 0 Å². The quantitative estimate of drug-likeness (QED) is 0.183. The topological polar surface area (TPSA) is 188 Å². The largest absolute Gasteiger partial charge is 0.466 e. The minimum absolute atomic E-state index is 0.140. The van der Waals surface area contributed by atoms with Crippen LogP contribution >= 0.6 is 15.9 Å². The summed E-state index contributed by atoms with van der Waals surface area (Å²) >= 11 is 3.37. The monoisotopic (exact) mass is 783 g/mol. The summed E-state index contributed by atoms with van der Waals surface area (Å²) in [5, 5.41) is 17.0. The Labute approximate surface area is 309 Å². The number of carbonyl (C=O) groups is 5. The molecule has 3 amide bonds. The number of rotatable bonds is 9. The van der Waals surface area contributed by atoms with Crippen LogP contribution in [0.2, 0.25) is 0 Å². The number of esters is 2. The van der Waals surface area contributed by atoms with Crippen LogP contribution in [0.5, 0.6) is 0 Å². The highest BCUT2D eigenvalue weighted by Gasteiger charge is 2.41. The summed E-state index contributed by atoms with van der Waals surface area (Å²) < 4.78 is 24.9. The van der Waals surface area contributed by atoms with Gasteiger partial charge < -0.3 is 44.7 Å². The Balaban J connectivity index is 0.000000175. The van der Waals surface area contributed by atoms with Crippen molar-refractivity contribution in [2.24, 2.45) is 0 Å². The van der Waals surface area contributed by atoms with Crippen LogP contribution in [-0.4, -0.2) is 92.6 Å². The highest BCUT2D eigenvalue weighted by Crippen LogP contribution is 2.19. The van der Waals surface area contributed by atoms with Crippen molar-refractivity contribution < 1.29 is 52.8 Å². The predicted octanol–water partition coefficient (Wildman–Crippen LogP) is 3.84. The second kappa shape index (κ2) is 18.9. The molecular formula is C37H42BrN3O11. The number of carbonyl (C=O) groups excluding carboxylic acids is 5. The van der Waals surface area contributed by atoms with Crippen molar-refractivity contribution in [1.82, 2.24) is 16.0 Å². The van der Waals surface area contributed by atoms with Crippen molar-refractivity contribution in [2.75, 3.05) is 20.8 Å². The van der Waals surface area contributed by atoms with Crippen LogP contribution in [0.3, 0.4) is 0 Å². The summed E-state index contributed by atoms with van der Waals surface area (Å²) in [6.45, 7) is 3.87. The van der Waals surface area contributed by atoms with E-state index in [1.807, 2.05) is 80.6 Å². The number of ether oxygens (including phenoxy) is 5. The van der Waals surface area contributed by atoms with Crippen LogP contribution in [0.4, 0.5) is 14.4 Å². The zero-order valence-electron chi connectivity index (χ0n) is 29.1. The summed E-state index contributed by atoms with van der Waals surface area (Å²) in [4.78, 5) is 56.4. The van der Waals surface area contributed by atoms with Gasteiger partial charge in [0.1, 0.15) is 6.10 Å². The van der Waals surface area contributed by atoms with Gasteiger partial charge in [-0.25, -0.2) is 24.0 Å². The Bertz CT molecular complexity index is 1650. The van der Waals surface area contributed by atoms with Gasteiger partial charge in [-0.15, -0.1) is 0 Å². The van der Waals surface area contributed by atoms with Gasteiger partial charge in [-0.3, -0.25) is 0 Å². The zero-order valence-corrected chi connectivity index (χ0v) is 30.7. The normalized spacial score (nSPS) is 22.8. The van der Waals surface area contributed by atoms with E-state index in [-0.39, 0.29) is 18.7 Å². The molecule has 0 bridgehead atoms. The van der Waals surface area contributed by atoms with Crippen molar-refractivity contribution in [1.29, 1.82) is 0 Å².